The van der Waals surface area contributed by atoms with Crippen LogP contribution in [0, 0.1) is 0 Å². The standard InChI is InChI=1S/C24H24O6S2/c1-24(18-25,19-10-9-11-20(16-19)30-2)17-23(31(26,27)21-12-5-3-6-13-21)32(28,29)22-14-7-4-8-15-22/h3-16,18,23H,17H2,1-2H3/t24-/m0/s1. The van der Waals surface area contributed by atoms with Gasteiger partial charge in [-0.1, -0.05) is 48.5 Å². The van der Waals surface area contributed by atoms with Gasteiger partial charge in [0.2, 0.25) is 0 Å². The van der Waals surface area contributed by atoms with Crippen molar-refractivity contribution in [3.63, 3.8) is 0 Å². The van der Waals surface area contributed by atoms with E-state index in [2.05, 4.69) is 0 Å². The first-order valence-corrected chi connectivity index (χ1v) is 12.9. The van der Waals surface area contributed by atoms with Crippen molar-refractivity contribution < 1.29 is 26.4 Å². The van der Waals surface area contributed by atoms with Crippen molar-refractivity contribution in [3.05, 3.63) is 90.5 Å². The smallest absolute Gasteiger partial charge is 0.195 e. The van der Waals surface area contributed by atoms with E-state index in [0.29, 0.717) is 17.6 Å². The number of methoxy groups -OCH3 is 1. The molecule has 0 aliphatic heterocycles. The number of hydrogen-bond acceptors (Lipinski definition) is 6. The minimum Gasteiger partial charge on any atom is -0.497 e. The van der Waals surface area contributed by atoms with E-state index in [-0.39, 0.29) is 9.79 Å². The molecule has 0 N–H and O–H groups in total. The van der Waals surface area contributed by atoms with Gasteiger partial charge >= 0.3 is 0 Å². The Morgan fingerprint density at radius 3 is 1.75 bits per heavy atom. The van der Waals surface area contributed by atoms with Crippen LogP contribution in [0.15, 0.2) is 94.7 Å². The Labute approximate surface area is 188 Å². The van der Waals surface area contributed by atoms with Crippen LogP contribution in [0.3, 0.4) is 0 Å². The Kier molecular flexibility index (Phi) is 6.85. The van der Waals surface area contributed by atoms with E-state index in [0.717, 1.165) is 0 Å². The molecule has 32 heavy (non-hydrogen) atoms. The van der Waals surface area contributed by atoms with Crippen molar-refractivity contribution >= 4 is 26.0 Å². The first-order valence-electron chi connectivity index (χ1n) is 9.84. The predicted molar refractivity (Wildman–Crippen MR) is 122 cm³/mol. The Balaban J connectivity index is 2.19. The second kappa shape index (κ2) is 9.26. The fourth-order valence-corrected chi connectivity index (χ4v) is 8.28. The molecule has 0 unspecified atom stereocenters. The number of hydrogen-bond donors (Lipinski definition) is 0. The first-order chi connectivity index (χ1) is 15.1. The van der Waals surface area contributed by atoms with Gasteiger partial charge in [0.05, 0.1) is 22.3 Å². The molecule has 6 nitrogen and oxygen atoms in total. The summed E-state index contributed by atoms with van der Waals surface area (Å²) in [6.45, 7) is 1.53. The SMILES string of the molecule is COc1cccc([C@](C)(C=O)CC(S(=O)(=O)c2ccccc2)S(=O)(=O)c2ccccc2)c1. The van der Waals surface area contributed by atoms with Crippen LogP contribution in [0.5, 0.6) is 5.75 Å². The highest BCUT2D eigenvalue weighted by molar-refractivity contribution is 8.09. The lowest BCUT2D eigenvalue weighted by atomic mass is 9.81. The Morgan fingerprint density at radius 1 is 0.812 bits per heavy atom. The quantitative estimate of drug-likeness (QED) is 0.440. The summed E-state index contributed by atoms with van der Waals surface area (Å²) in [6.07, 6.45) is 0.133. The lowest BCUT2D eigenvalue weighted by Gasteiger charge is -2.29. The third-order valence-electron chi connectivity index (χ3n) is 5.42. The highest BCUT2D eigenvalue weighted by atomic mass is 32.3. The van der Waals surface area contributed by atoms with E-state index < -0.39 is 36.1 Å². The fourth-order valence-electron chi connectivity index (χ4n) is 3.47. The molecule has 168 valence electrons. The number of rotatable bonds is 9. The summed E-state index contributed by atoms with van der Waals surface area (Å²) in [4.78, 5) is 12.0. The van der Waals surface area contributed by atoms with Crippen LogP contribution in [-0.4, -0.2) is 34.8 Å². The van der Waals surface area contributed by atoms with Crippen molar-refractivity contribution in [2.75, 3.05) is 7.11 Å². The van der Waals surface area contributed by atoms with Gasteiger partial charge in [0.25, 0.3) is 0 Å². The number of aldehydes is 1. The average Bonchev–Trinajstić information content (AvgIpc) is 2.83. The van der Waals surface area contributed by atoms with Crippen LogP contribution >= 0.6 is 0 Å². The maximum Gasteiger partial charge on any atom is 0.195 e. The van der Waals surface area contributed by atoms with Crippen LogP contribution in [-0.2, 0) is 29.9 Å². The summed E-state index contributed by atoms with van der Waals surface area (Å²) in [5.74, 6) is 0.476. The van der Waals surface area contributed by atoms with Crippen molar-refractivity contribution in [2.45, 2.75) is 33.1 Å². The summed E-state index contributed by atoms with van der Waals surface area (Å²) in [5, 5.41) is 0. The van der Waals surface area contributed by atoms with Gasteiger partial charge in [-0.2, -0.15) is 0 Å². The van der Waals surface area contributed by atoms with Crippen LogP contribution < -0.4 is 4.74 Å². The van der Waals surface area contributed by atoms with Gasteiger partial charge < -0.3 is 9.53 Å². The maximum absolute atomic E-state index is 13.6. The summed E-state index contributed by atoms with van der Waals surface area (Å²) in [5.41, 5.74) is -0.938. The Bertz CT molecular complexity index is 1220. The van der Waals surface area contributed by atoms with Crippen LogP contribution in [0.4, 0.5) is 0 Å². The average molecular weight is 473 g/mol. The van der Waals surface area contributed by atoms with Crippen LogP contribution in [0.25, 0.3) is 0 Å². The molecule has 0 radical (unpaired) electrons. The van der Waals surface area contributed by atoms with Gasteiger partial charge in [-0.15, -0.1) is 0 Å². The zero-order valence-corrected chi connectivity index (χ0v) is 19.3. The maximum atomic E-state index is 13.6. The molecule has 0 saturated carbocycles. The predicted octanol–water partition coefficient (Wildman–Crippen LogP) is 3.82. The monoisotopic (exact) mass is 472 g/mol. The molecule has 8 heteroatoms. The second-order valence-electron chi connectivity index (χ2n) is 7.62. The number of carbonyl (C=O) groups excluding carboxylic acids is 1. The minimum absolute atomic E-state index is 0.122. The highest BCUT2D eigenvalue weighted by Crippen LogP contribution is 2.37. The zero-order valence-electron chi connectivity index (χ0n) is 17.7. The molecule has 0 heterocycles. The lowest BCUT2D eigenvalue weighted by molar-refractivity contribution is -0.112. The fraction of sp³-hybridized carbons (Fsp3) is 0.208. The van der Waals surface area contributed by atoms with Crippen LogP contribution in [0.2, 0.25) is 0 Å². The molecule has 0 aliphatic rings. The molecule has 0 amide bonds. The van der Waals surface area contributed by atoms with E-state index in [1.54, 1.807) is 36.4 Å². The van der Waals surface area contributed by atoms with Gasteiger partial charge in [-0.25, -0.2) is 16.8 Å². The van der Waals surface area contributed by atoms with E-state index >= 15 is 0 Å². The molecule has 3 aromatic carbocycles. The summed E-state index contributed by atoms with van der Waals surface area (Å²) >= 11 is 0. The van der Waals surface area contributed by atoms with Gasteiger partial charge in [0.1, 0.15) is 12.0 Å². The first kappa shape index (κ1) is 23.7. The normalized spacial score (nSPS) is 14.0. The molecule has 0 spiro atoms. The topological polar surface area (TPSA) is 94.6 Å². The third kappa shape index (κ3) is 4.61. The molecule has 3 rings (SSSR count). The zero-order chi connectivity index (χ0) is 23.4. The molecule has 3 aromatic rings. The molecule has 0 bridgehead atoms. The molecular formula is C24H24O6S2. The minimum atomic E-state index is -4.35. The summed E-state index contributed by atoms with van der Waals surface area (Å²) in [6, 6.07) is 21.4. The van der Waals surface area contributed by atoms with Crippen molar-refractivity contribution in [3.8, 4) is 5.75 Å². The van der Waals surface area contributed by atoms with E-state index in [1.165, 1.54) is 62.6 Å². The molecule has 0 saturated heterocycles. The van der Waals surface area contributed by atoms with Gasteiger partial charge in [0.15, 0.2) is 24.3 Å². The molecule has 0 fully saturated rings. The molecule has 0 aliphatic carbocycles. The van der Waals surface area contributed by atoms with E-state index in [9.17, 15) is 21.6 Å². The third-order valence-corrected chi connectivity index (χ3v) is 10.5. The largest absolute Gasteiger partial charge is 0.497 e. The Hall–Kier alpha value is -2.97. The number of sulfone groups is 2. The number of carbonyl (C=O) groups is 1. The van der Waals surface area contributed by atoms with Crippen molar-refractivity contribution in [1.29, 1.82) is 0 Å². The number of ether oxygens (including phenoxy) is 1. The lowest BCUT2D eigenvalue weighted by Crippen LogP contribution is -2.39. The highest BCUT2D eigenvalue weighted by Gasteiger charge is 2.45. The van der Waals surface area contributed by atoms with E-state index in [4.69, 9.17) is 4.74 Å². The van der Waals surface area contributed by atoms with Crippen LogP contribution in [0.1, 0.15) is 18.9 Å². The number of benzene rings is 3. The Morgan fingerprint density at radius 2 is 1.31 bits per heavy atom. The summed E-state index contributed by atoms with van der Waals surface area (Å²) in [7, 11) is -7.23. The second-order valence-corrected chi connectivity index (χ2v) is 12.2. The van der Waals surface area contributed by atoms with Gasteiger partial charge in [0, 0.05) is 0 Å². The van der Waals surface area contributed by atoms with Crippen molar-refractivity contribution in [1.82, 2.24) is 0 Å². The molecule has 1 atom stereocenters. The molecular weight excluding hydrogens is 448 g/mol. The van der Waals surface area contributed by atoms with E-state index in [1.807, 2.05) is 0 Å². The van der Waals surface area contributed by atoms with Crippen molar-refractivity contribution in [2.24, 2.45) is 0 Å². The van der Waals surface area contributed by atoms with Gasteiger partial charge in [-0.3, -0.25) is 0 Å². The molecule has 0 aromatic heterocycles. The van der Waals surface area contributed by atoms with Gasteiger partial charge in [-0.05, 0) is 55.3 Å². The summed E-state index contributed by atoms with van der Waals surface area (Å²) < 4.78 is 57.7.